The van der Waals surface area contributed by atoms with Crippen molar-refractivity contribution in [1.82, 2.24) is 10.2 Å². The summed E-state index contributed by atoms with van der Waals surface area (Å²) in [6.07, 6.45) is 3.18. The van der Waals surface area contributed by atoms with E-state index in [1.807, 2.05) is 6.92 Å². The molecular weight excluding hydrogens is 318 g/mol. The molecule has 0 unspecified atom stereocenters. The van der Waals surface area contributed by atoms with Gasteiger partial charge in [-0.2, -0.15) is 0 Å². The zero-order valence-corrected chi connectivity index (χ0v) is 15.7. The van der Waals surface area contributed by atoms with Gasteiger partial charge in [0, 0.05) is 18.0 Å². The van der Waals surface area contributed by atoms with Crippen molar-refractivity contribution in [3.8, 4) is 10.6 Å². The Kier molecular flexibility index (Phi) is 4.72. The van der Waals surface area contributed by atoms with Crippen LogP contribution in [0.2, 0.25) is 0 Å². The molecule has 5 heteroatoms. The first-order valence-electron chi connectivity index (χ1n) is 8.66. The van der Waals surface area contributed by atoms with Gasteiger partial charge in [-0.05, 0) is 30.7 Å². The molecule has 1 heterocycles. The van der Waals surface area contributed by atoms with E-state index in [0.29, 0.717) is 11.7 Å². The quantitative estimate of drug-likeness (QED) is 0.811. The van der Waals surface area contributed by atoms with Gasteiger partial charge in [0.2, 0.25) is 11.0 Å². The normalized spacial score (nSPS) is 15.2. The fourth-order valence-electron chi connectivity index (χ4n) is 2.81. The highest BCUT2D eigenvalue weighted by molar-refractivity contribution is 7.18. The Bertz CT molecular complexity index is 711. The lowest BCUT2D eigenvalue weighted by atomic mass is 9.84. The molecule has 0 saturated heterocycles. The molecule has 1 aromatic heterocycles. The van der Waals surface area contributed by atoms with Gasteiger partial charge in [-0.25, -0.2) is 0 Å². The summed E-state index contributed by atoms with van der Waals surface area (Å²) in [5.74, 6) is 0.387. The molecule has 4 nitrogen and oxygen atoms in total. The third-order valence-electron chi connectivity index (χ3n) is 4.68. The Hall–Kier alpha value is -1.75. The summed E-state index contributed by atoms with van der Waals surface area (Å²) in [5, 5.41) is 10.2. The van der Waals surface area contributed by atoms with Gasteiger partial charge >= 0.3 is 0 Å². The zero-order valence-electron chi connectivity index (χ0n) is 14.9. The first-order chi connectivity index (χ1) is 11.4. The van der Waals surface area contributed by atoms with Crippen molar-refractivity contribution >= 4 is 22.4 Å². The molecule has 24 heavy (non-hydrogen) atoms. The van der Waals surface area contributed by atoms with Gasteiger partial charge in [0.25, 0.3) is 0 Å². The lowest BCUT2D eigenvalue weighted by Gasteiger charge is -2.29. The second kappa shape index (κ2) is 6.63. The fourth-order valence-corrected chi connectivity index (χ4v) is 3.73. The van der Waals surface area contributed by atoms with Crippen molar-refractivity contribution in [2.24, 2.45) is 5.92 Å². The van der Waals surface area contributed by atoms with E-state index in [1.54, 1.807) is 4.90 Å². The summed E-state index contributed by atoms with van der Waals surface area (Å²) < 4.78 is 0. The van der Waals surface area contributed by atoms with Crippen molar-refractivity contribution in [3.05, 3.63) is 29.8 Å². The van der Waals surface area contributed by atoms with E-state index in [9.17, 15) is 4.79 Å². The van der Waals surface area contributed by atoms with Crippen LogP contribution >= 0.6 is 11.3 Å². The first-order valence-corrected chi connectivity index (χ1v) is 9.47. The summed E-state index contributed by atoms with van der Waals surface area (Å²) in [7, 11) is 0. The van der Waals surface area contributed by atoms with Crippen molar-refractivity contribution in [1.29, 1.82) is 0 Å². The number of nitrogens with zero attached hydrogens (tertiary/aromatic N) is 3. The Morgan fingerprint density at radius 3 is 2.38 bits per heavy atom. The standard InChI is InChI=1S/C19H25N3OS/c1-5-22(17(23)14-7-6-8-14)18-21-20-16(24-18)13-9-11-15(12-10-13)19(2,3)4/h9-12,14H,5-8H2,1-4H3. The molecule has 1 aliphatic rings. The fraction of sp³-hybridized carbons (Fsp3) is 0.526. The SMILES string of the molecule is CCN(C(=O)C1CCC1)c1nnc(-c2ccc(C(C)(C)C)cc2)s1. The maximum absolute atomic E-state index is 12.5. The van der Waals surface area contributed by atoms with Crippen LogP contribution in [0.15, 0.2) is 24.3 Å². The van der Waals surface area contributed by atoms with Gasteiger partial charge < -0.3 is 0 Å². The molecule has 1 aliphatic carbocycles. The average molecular weight is 343 g/mol. The van der Waals surface area contributed by atoms with Crippen LogP contribution < -0.4 is 4.90 Å². The highest BCUT2D eigenvalue weighted by Crippen LogP contribution is 2.34. The Morgan fingerprint density at radius 2 is 1.88 bits per heavy atom. The second-order valence-corrected chi connectivity index (χ2v) is 8.38. The highest BCUT2D eigenvalue weighted by atomic mass is 32.1. The van der Waals surface area contributed by atoms with E-state index < -0.39 is 0 Å². The third kappa shape index (κ3) is 3.36. The topological polar surface area (TPSA) is 46.1 Å². The summed E-state index contributed by atoms with van der Waals surface area (Å²) in [6, 6.07) is 8.48. The molecule has 0 N–H and O–H groups in total. The smallest absolute Gasteiger partial charge is 0.231 e. The molecule has 1 aromatic carbocycles. The number of carbonyl (C=O) groups is 1. The van der Waals surface area contributed by atoms with Gasteiger partial charge in [0.05, 0.1) is 0 Å². The number of hydrogen-bond donors (Lipinski definition) is 0. The van der Waals surface area contributed by atoms with Crippen LogP contribution in [0.1, 0.15) is 52.5 Å². The molecule has 2 aromatic rings. The van der Waals surface area contributed by atoms with Gasteiger partial charge in [-0.3, -0.25) is 9.69 Å². The van der Waals surface area contributed by atoms with Crippen molar-refractivity contribution in [2.45, 2.75) is 52.4 Å². The second-order valence-electron chi connectivity index (χ2n) is 7.43. The molecule has 0 bridgehead atoms. The minimum atomic E-state index is 0.138. The van der Waals surface area contributed by atoms with E-state index in [2.05, 4.69) is 55.2 Å². The van der Waals surface area contributed by atoms with Gasteiger partial charge in [-0.1, -0.05) is 62.8 Å². The molecule has 0 aliphatic heterocycles. The monoisotopic (exact) mass is 343 g/mol. The summed E-state index contributed by atoms with van der Waals surface area (Å²) in [5.41, 5.74) is 2.49. The Balaban J connectivity index is 1.80. The van der Waals surface area contributed by atoms with E-state index in [1.165, 1.54) is 16.9 Å². The molecule has 0 atom stereocenters. The molecule has 0 spiro atoms. The van der Waals surface area contributed by atoms with Gasteiger partial charge in [0.1, 0.15) is 5.01 Å². The number of amides is 1. The third-order valence-corrected chi connectivity index (χ3v) is 5.68. The van der Waals surface area contributed by atoms with Crippen LogP contribution in [0.25, 0.3) is 10.6 Å². The first kappa shape index (κ1) is 17.1. The molecular formula is C19H25N3OS. The lowest BCUT2D eigenvalue weighted by molar-refractivity contribution is -0.124. The average Bonchev–Trinajstić information content (AvgIpc) is 2.95. The minimum Gasteiger partial charge on any atom is -0.287 e. The maximum Gasteiger partial charge on any atom is 0.231 e. The number of rotatable bonds is 4. The van der Waals surface area contributed by atoms with Crippen molar-refractivity contribution in [3.63, 3.8) is 0 Å². The van der Waals surface area contributed by atoms with Crippen LogP contribution in [0.3, 0.4) is 0 Å². The predicted octanol–water partition coefficient (Wildman–Crippen LogP) is 4.66. The molecule has 1 amide bonds. The molecule has 3 rings (SSSR count). The van der Waals surface area contributed by atoms with Crippen molar-refractivity contribution in [2.75, 3.05) is 11.4 Å². The van der Waals surface area contributed by atoms with Crippen molar-refractivity contribution < 1.29 is 4.79 Å². The number of anilines is 1. The Morgan fingerprint density at radius 1 is 1.21 bits per heavy atom. The minimum absolute atomic E-state index is 0.138. The Labute approximate surface area is 147 Å². The number of aromatic nitrogens is 2. The van der Waals surface area contributed by atoms with Crippen LogP contribution in [0.4, 0.5) is 5.13 Å². The van der Waals surface area contributed by atoms with Gasteiger partial charge in [0.15, 0.2) is 0 Å². The van der Waals surface area contributed by atoms with Crippen LogP contribution in [0.5, 0.6) is 0 Å². The largest absolute Gasteiger partial charge is 0.287 e. The maximum atomic E-state index is 12.5. The molecule has 0 radical (unpaired) electrons. The van der Waals surface area contributed by atoms with Crippen LogP contribution in [0, 0.1) is 5.92 Å². The van der Waals surface area contributed by atoms with E-state index in [4.69, 9.17) is 0 Å². The van der Waals surface area contributed by atoms with E-state index in [0.717, 1.165) is 29.8 Å². The van der Waals surface area contributed by atoms with Crippen LogP contribution in [-0.2, 0) is 10.2 Å². The van der Waals surface area contributed by atoms with E-state index in [-0.39, 0.29) is 17.2 Å². The van der Waals surface area contributed by atoms with E-state index >= 15 is 0 Å². The molecule has 1 fully saturated rings. The zero-order chi connectivity index (χ0) is 17.3. The predicted molar refractivity (Wildman–Crippen MR) is 99.4 cm³/mol. The summed E-state index contributed by atoms with van der Waals surface area (Å²) >= 11 is 1.50. The number of carbonyl (C=O) groups excluding carboxylic acids is 1. The summed E-state index contributed by atoms with van der Waals surface area (Å²) in [4.78, 5) is 14.3. The molecule has 128 valence electrons. The van der Waals surface area contributed by atoms with Gasteiger partial charge in [-0.15, -0.1) is 10.2 Å². The van der Waals surface area contributed by atoms with Crippen LogP contribution in [-0.4, -0.2) is 22.6 Å². The number of benzene rings is 1. The summed E-state index contributed by atoms with van der Waals surface area (Å²) in [6.45, 7) is 9.26. The molecule has 1 saturated carbocycles. The highest BCUT2D eigenvalue weighted by Gasteiger charge is 2.31. The number of hydrogen-bond acceptors (Lipinski definition) is 4. The lowest BCUT2D eigenvalue weighted by Crippen LogP contribution is -2.38.